The first kappa shape index (κ1) is 20.5. The van der Waals surface area contributed by atoms with Crippen LogP contribution in [0.15, 0.2) is 60.9 Å². The van der Waals surface area contributed by atoms with Gasteiger partial charge in [0.1, 0.15) is 17.3 Å². The van der Waals surface area contributed by atoms with Crippen LogP contribution in [0.1, 0.15) is 32.4 Å². The molecule has 0 atom stereocenters. The summed E-state index contributed by atoms with van der Waals surface area (Å²) in [6.45, 7) is 2.35. The summed E-state index contributed by atoms with van der Waals surface area (Å²) >= 11 is 0. The number of carbonyl (C=O) groups is 2. The number of nitrogens with zero attached hydrogens (tertiary/aromatic N) is 5. The number of imidazole rings is 1. The van der Waals surface area contributed by atoms with Gasteiger partial charge >= 0.3 is 0 Å². The molecule has 0 bridgehead atoms. The molecule has 0 radical (unpaired) electrons. The molecule has 5 rings (SSSR count). The number of amides is 2. The monoisotopic (exact) mass is 442 g/mol. The van der Waals surface area contributed by atoms with Crippen molar-refractivity contribution in [1.82, 2.24) is 19.3 Å². The van der Waals surface area contributed by atoms with Gasteiger partial charge in [-0.15, -0.1) is 0 Å². The Kier molecular flexibility index (Phi) is 4.93. The Labute approximate surface area is 190 Å². The Morgan fingerprint density at radius 1 is 1.03 bits per heavy atom. The first-order valence-electron chi connectivity index (χ1n) is 10.5. The van der Waals surface area contributed by atoms with Gasteiger partial charge < -0.3 is 19.9 Å². The van der Waals surface area contributed by atoms with Crippen LogP contribution in [0.3, 0.4) is 0 Å². The maximum Gasteiger partial charge on any atom is 0.277 e. The smallest absolute Gasteiger partial charge is 0.277 e. The SMILES string of the molecule is COc1ccc(-n2nc(C(N)=O)c3c2C(=O)N(c2ccc(-n4ccnc4C)cc2)CC3)cc1. The molecule has 33 heavy (non-hydrogen) atoms. The number of hydrogen-bond acceptors (Lipinski definition) is 5. The molecular weight excluding hydrogens is 420 g/mol. The first-order chi connectivity index (χ1) is 16.0. The summed E-state index contributed by atoms with van der Waals surface area (Å²) < 4.78 is 8.68. The van der Waals surface area contributed by atoms with Crippen LogP contribution < -0.4 is 15.4 Å². The average molecular weight is 442 g/mol. The number of hydrogen-bond donors (Lipinski definition) is 1. The van der Waals surface area contributed by atoms with E-state index in [4.69, 9.17) is 10.5 Å². The normalized spacial score (nSPS) is 13.2. The van der Waals surface area contributed by atoms with Crippen molar-refractivity contribution in [2.45, 2.75) is 13.3 Å². The van der Waals surface area contributed by atoms with Crippen molar-refractivity contribution in [3.05, 3.63) is 83.7 Å². The fourth-order valence-electron chi connectivity index (χ4n) is 4.16. The second-order valence-corrected chi connectivity index (χ2v) is 7.72. The van der Waals surface area contributed by atoms with Gasteiger partial charge in [-0.25, -0.2) is 9.67 Å². The minimum absolute atomic E-state index is 0.125. The van der Waals surface area contributed by atoms with E-state index in [1.54, 1.807) is 42.5 Å². The van der Waals surface area contributed by atoms with Crippen LogP contribution in [0.5, 0.6) is 5.75 Å². The van der Waals surface area contributed by atoms with Gasteiger partial charge in [0.05, 0.1) is 12.8 Å². The van der Waals surface area contributed by atoms with Gasteiger partial charge in [0.25, 0.3) is 11.8 Å². The van der Waals surface area contributed by atoms with Crippen molar-refractivity contribution in [3.63, 3.8) is 0 Å². The number of aromatic nitrogens is 4. The van der Waals surface area contributed by atoms with E-state index in [0.29, 0.717) is 35.7 Å². The van der Waals surface area contributed by atoms with Gasteiger partial charge in [0.15, 0.2) is 5.69 Å². The van der Waals surface area contributed by atoms with Crippen LogP contribution in [0.2, 0.25) is 0 Å². The number of anilines is 1. The van der Waals surface area contributed by atoms with Crippen LogP contribution in [-0.4, -0.2) is 44.8 Å². The number of carbonyl (C=O) groups excluding carboxylic acids is 2. The Balaban J connectivity index is 1.54. The number of fused-ring (bicyclic) bond motifs is 1. The molecular formula is C24H22N6O3. The zero-order valence-corrected chi connectivity index (χ0v) is 18.2. The van der Waals surface area contributed by atoms with Crippen molar-refractivity contribution < 1.29 is 14.3 Å². The van der Waals surface area contributed by atoms with Crippen LogP contribution in [0.25, 0.3) is 11.4 Å². The van der Waals surface area contributed by atoms with Crippen molar-refractivity contribution in [2.24, 2.45) is 5.73 Å². The lowest BCUT2D eigenvalue weighted by molar-refractivity contribution is 0.0972. The Morgan fingerprint density at radius 3 is 2.30 bits per heavy atom. The Hall–Kier alpha value is -4.40. The fourth-order valence-corrected chi connectivity index (χ4v) is 4.16. The predicted molar refractivity (Wildman–Crippen MR) is 122 cm³/mol. The molecule has 1 aliphatic rings. The number of benzene rings is 2. The minimum atomic E-state index is -0.653. The van der Waals surface area contributed by atoms with Gasteiger partial charge in [-0.1, -0.05) is 0 Å². The molecule has 166 valence electrons. The number of ether oxygens (including phenoxy) is 1. The van der Waals surface area contributed by atoms with E-state index in [1.165, 1.54) is 4.68 Å². The van der Waals surface area contributed by atoms with Crippen LogP contribution in [0.4, 0.5) is 5.69 Å². The topological polar surface area (TPSA) is 108 Å². The van der Waals surface area contributed by atoms with Gasteiger partial charge in [0, 0.05) is 35.9 Å². The second kappa shape index (κ2) is 7.94. The summed E-state index contributed by atoms with van der Waals surface area (Å²) in [7, 11) is 1.58. The standard InChI is InChI=1S/C24H22N6O3/c1-15-26-12-14-28(15)16-3-5-17(6-4-16)29-13-11-20-21(23(25)31)27-30(22(20)24(29)32)18-7-9-19(33-2)10-8-18/h3-10,12,14H,11,13H2,1-2H3,(H2,25,31). The van der Waals surface area contributed by atoms with Gasteiger partial charge in [0.2, 0.25) is 0 Å². The second-order valence-electron chi connectivity index (χ2n) is 7.72. The summed E-state index contributed by atoms with van der Waals surface area (Å²) in [5, 5.41) is 4.40. The fraction of sp³-hybridized carbons (Fsp3) is 0.167. The molecule has 2 aromatic carbocycles. The largest absolute Gasteiger partial charge is 0.497 e. The van der Waals surface area contributed by atoms with Crippen LogP contribution >= 0.6 is 0 Å². The Bertz CT molecular complexity index is 1350. The van der Waals surface area contributed by atoms with Gasteiger partial charge in [-0.05, 0) is 61.9 Å². The Morgan fingerprint density at radius 2 is 1.70 bits per heavy atom. The lowest BCUT2D eigenvalue weighted by Gasteiger charge is -2.28. The van der Waals surface area contributed by atoms with E-state index in [0.717, 1.165) is 17.2 Å². The molecule has 4 aromatic rings. The summed E-state index contributed by atoms with van der Waals surface area (Å²) in [5.74, 6) is 0.665. The third-order valence-corrected chi connectivity index (χ3v) is 5.83. The van der Waals surface area contributed by atoms with E-state index >= 15 is 0 Å². The molecule has 9 heteroatoms. The minimum Gasteiger partial charge on any atom is -0.497 e. The van der Waals surface area contributed by atoms with E-state index in [2.05, 4.69) is 10.1 Å². The van der Waals surface area contributed by atoms with E-state index in [-0.39, 0.29) is 11.6 Å². The molecule has 2 aromatic heterocycles. The number of methoxy groups -OCH3 is 1. The lowest BCUT2D eigenvalue weighted by atomic mass is 10.0. The molecule has 0 spiro atoms. The van der Waals surface area contributed by atoms with E-state index in [1.807, 2.05) is 42.0 Å². The van der Waals surface area contributed by atoms with Crippen molar-refractivity contribution in [2.75, 3.05) is 18.6 Å². The molecule has 2 amide bonds. The molecule has 0 fully saturated rings. The maximum atomic E-state index is 13.6. The summed E-state index contributed by atoms with van der Waals surface area (Å²) in [6, 6.07) is 14.8. The predicted octanol–water partition coefficient (Wildman–Crippen LogP) is 2.68. The summed E-state index contributed by atoms with van der Waals surface area (Å²) in [4.78, 5) is 31.6. The van der Waals surface area contributed by atoms with E-state index < -0.39 is 5.91 Å². The first-order valence-corrected chi connectivity index (χ1v) is 10.5. The van der Waals surface area contributed by atoms with Crippen LogP contribution in [0, 0.1) is 6.92 Å². The molecule has 9 nitrogen and oxygen atoms in total. The van der Waals surface area contributed by atoms with Crippen molar-refractivity contribution in [1.29, 1.82) is 0 Å². The third-order valence-electron chi connectivity index (χ3n) is 5.83. The highest BCUT2D eigenvalue weighted by molar-refractivity contribution is 6.09. The number of rotatable bonds is 5. The zero-order valence-electron chi connectivity index (χ0n) is 18.2. The summed E-state index contributed by atoms with van der Waals surface area (Å²) in [6.07, 6.45) is 4.11. The molecule has 0 saturated heterocycles. The molecule has 3 heterocycles. The molecule has 0 unspecified atom stereocenters. The molecule has 2 N–H and O–H groups in total. The molecule has 0 saturated carbocycles. The average Bonchev–Trinajstić information content (AvgIpc) is 3.44. The highest BCUT2D eigenvalue weighted by atomic mass is 16.5. The third kappa shape index (κ3) is 3.43. The quantitative estimate of drug-likeness (QED) is 0.511. The number of primary amides is 1. The van der Waals surface area contributed by atoms with E-state index in [9.17, 15) is 9.59 Å². The molecule has 0 aliphatic carbocycles. The number of aryl methyl sites for hydroxylation is 1. The zero-order chi connectivity index (χ0) is 23.1. The van der Waals surface area contributed by atoms with Crippen molar-refractivity contribution >= 4 is 17.5 Å². The van der Waals surface area contributed by atoms with Gasteiger partial charge in [-0.2, -0.15) is 5.10 Å². The maximum absolute atomic E-state index is 13.6. The van der Waals surface area contributed by atoms with Crippen LogP contribution in [-0.2, 0) is 6.42 Å². The summed E-state index contributed by atoms with van der Waals surface area (Å²) in [5.41, 5.74) is 8.97. The highest BCUT2D eigenvalue weighted by Gasteiger charge is 2.34. The number of nitrogens with two attached hydrogens (primary N) is 1. The lowest BCUT2D eigenvalue weighted by Crippen LogP contribution is -2.39. The highest BCUT2D eigenvalue weighted by Crippen LogP contribution is 2.29. The van der Waals surface area contributed by atoms with Gasteiger partial charge in [-0.3, -0.25) is 9.59 Å². The molecule has 1 aliphatic heterocycles. The van der Waals surface area contributed by atoms with Crippen molar-refractivity contribution in [3.8, 4) is 17.1 Å².